The maximum absolute atomic E-state index is 10.9. The average molecular weight is 162 g/mol. The fraction of sp³-hybridized carbons (Fsp3) is 0.222. The Labute approximate surface area is 71.5 Å². The normalized spacial score (nSPS) is 13.6. The van der Waals surface area contributed by atoms with Gasteiger partial charge in [-0.25, -0.2) is 4.79 Å². The van der Waals surface area contributed by atoms with E-state index in [-0.39, 0.29) is 6.03 Å². The van der Waals surface area contributed by atoms with Crippen molar-refractivity contribution in [1.29, 1.82) is 0 Å². The number of rotatable bonds is 1. The zero-order chi connectivity index (χ0) is 8.81. The Hall–Kier alpha value is -1.69. The number of urea groups is 1. The van der Waals surface area contributed by atoms with Crippen LogP contribution in [0.2, 0.25) is 0 Å². The van der Waals surface area contributed by atoms with Crippen LogP contribution in [0, 0.1) is 11.8 Å². The van der Waals surface area contributed by atoms with Crippen LogP contribution in [-0.2, 0) is 0 Å². The minimum Gasteiger partial charge on any atom is -0.341 e. The van der Waals surface area contributed by atoms with Crippen LogP contribution in [0.15, 0.2) is 23.9 Å². The molecule has 0 heterocycles. The van der Waals surface area contributed by atoms with Crippen molar-refractivity contribution in [2.45, 2.75) is 6.42 Å². The quantitative estimate of drug-likeness (QED) is 0.549. The molecule has 1 aliphatic carbocycles. The molecule has 0 bridgehead atoms. The molecule has 2 N–H and O–H groups in total. The topological polar surface area (TPSA) is 41.1 Å². The third-order valence-corrected chi connectivity index (χ3v) is 1.36. The van der Waals surface area contributed by atoms with Gasteiger partial charge >= 0.3 is 6.03 Å². The van der Waals surface area contributed by atoms with Crippen LogP contribution in [0.25, 0.3) is 0 Å². The summed E-state index contributed by atoms with van der Waals surface area (Å²) in [5.74, 6) is 5.70. The van der Waals surface area contributed by atoms with E-state index in [4.69, 9.17) is 0 Å². The van der Waals surface area contributed by atoms with Crippen LogP contribution < -0.4 is 10.6 Å². The van der Waals surface area contributed by atoms with E-state index in [1.807, 2.05) is 6.08 Å². The predicted octanol–water partition coefficient (Wildman–Crippen LogP) is 0.763. The van der Waals surface area contributed by atoms with Crippen LogP contribution >= 0.6 is 0 Å². The minimum absolute atomic E-state index is 0.215. The van der Waals surface area contributed by atoms with Crippen molar-refractivity contribution in [2.24, 2.45) is 0 Å². The smallest absolute Gasteiger partial charge is 0.318 e. The van der Waals surface area contributed by atoms with Gasteiger partial charge in [-0.1, -0.05) is 11.8 Å². The Morgan fingerprint density at radius 3 is 3.25 bits per heavy atom. The highest BCUT2D eigenvalue weighted by molar-refractivity contribution is 5.76. The molecular formula is C9H10N2O. The van der Waals surface area contributed by atoms with Crippen LogP contribution in [0.5, 0.6) is 0 Å². The van der Waals surface area contributed by atoms with E-state index in [0.29, 0.717) is 6.42 Å². The molecule has 0 aromatic heterocycles. The maximum atomic E-state index is 10.9. The number of carbonyl (C=O) groups excluding carboxylic acids is 1. The van der Waals surface area contributed by atoms with Crippen molar-refractivity contribution in [2.75, 3.05) is 7.05 Å². The molecule has 2 amide bonds. The highest BCUT2D eigenvalue weighted by Crippen LogP contribution is 1.97. The second kappa shape index (κ2) is 4.24. The molecule has 3 heteroatoms. The third-order valence-electron chi connectivity index (χ3n) is 1.36. The van der Waals surface area contributed by atoms with E-state index in [1.165, 1.54) is 0 Å². The fourth-order valence-electron chi connectivity index (χ4n) is 0.765. The lowest BCUT2D eigenvalue weighted by Gasteiger charge is -2.02. The molecule has 0 spiro atoms. The number of allylic oxidation sites excluding steroid dienone is 3. The van der Waals surface area contributed by atoms with Gasteiger partial charge in [-0.3, -0.25) is 0 Å². The van der Waals surface area contributed by atoms with Gasteiger partial charge in [-0.15, -0.1) is 0 Å². The van der Waals surface area contributed by atoms with Crippen LogP contribution in [0.3, 0.4) is 0 Å². The number of hydrogen-bond acceptors (Lipinski definition) is 1. The largest absolute Gasteiger partial charge is 0.341 e. The molecule has 0 unspecified atom stereocenters. The van der Waals surface area contributed by atoms with Gasteiger partial charge in [0.1, 0.15) is 0 Å². The van der Waals surface area contributed by atoms with E-state index in [1.54, 1.807) is 19.2 Å². The molecule has 0 radical (unpaired) electrons. The molecule has 0 fully saturated rings. The SMILES string of the molecule is CNC(=O)NC1=CCC#CC=C1. The summed E-state index contributed by atoms with van der Waals surface area (Å²) in [6.45, 7) is 0. The van der Waals surface area contributed by atoms with Crippen molar-refractivity contribution in [3.05, 3.63) is 23.9 Å². The van der Waals surface area contributed by atoms with E-state index in [2.05, 4.69) is 22.5 Å². The molecule has 0 aliphatic heterocycles. The Morgan fingerprint density at radius 1 is 1.67 bits per heavy atom. The summed E-state index contributed by atoms with van der Waals surface area (Å²) in [5, 5.41) is 5.12. The molecule has 0 aromatic rings. The van der Waals surface area contributed by atoms with Gasteiger partial charge in [-0.2, -0.15) is 0 Å². The summed E-state index contributed by atoms with van der Waals surface area (Å²) in [6.07, 6.45) is 6.03. The standard InChI is InChI=1S/C9H10N2O/c1-10-9(12)11-8-6-4-2-3-5-7-8/h4,6-7H,5H2,1H3,(H2,10,11,12). The molecule has 0 saturated heterocycles. The monoisotopic (exact) mass is 162 g/mol. The van der Waals surface area contributed by atoms with Gasteiger partial charge in [0.2, 0.25) is 0 Å². The summed E-state index contributed by atoms with van der Waals surface area (Å²) in [6, 6.07) is -0.215. The molecule has 1 rings (SSSR count). The molecule has 62 valence electrons. The zero-order valence-corrected chi connectivity index (χ0v) is 6.85. The Morgan fingerprint density at radius 2 is 2.50 bits per heavy atom. The van der Waals surface area contributed by atoms with E-state index in [9.17, 15) is 4.79 Å². The van der Waals surface area contributed by atoms with Crippen molar-refractivity contribution in [3.63, 3.8) is 0 Å². The lowest BCUT2D eigenvalue weighted by Crippen LogP contribution is -2.31. The molecule has 0 atom stereocenters. The van der Waals surface area contributed by atoms with Gasteiger partial charge in [0, 0.05) is 19.2 Å². The molecular weight excluding hydrogens is 152 g/mol. The van der Waals surface area contributed by atoms with E-state index < -0.39 is 0 Å². The third kappa shape index (κ3) is 2.51. The zero-order valence-electron chi connectivity index (χ0n) is 6.85. The van der Waals surface area contributed by atoms with E-state index in [0.717, 1.165) is 5.70 Å². The summed E-state index contributed by atoms with van der Waals surface area (Å²) < 4.78 is 0. The first-order chi connectivity index (χ1) is 5.83. The molecule has 0 saturated carbocycles. The van der Waals surface area contributed by atoms with Crippen molar-refractivity contribution >= 4 is 6.03 Å². The average Bonchev–Trinajstić information content (AvgIpc) is 2.33. The summed E-state index contributed by atoms with van der Waals surface area (Å²) in [5.41, 5.74) is 0.770. The molecule has 12 heavy (non-hydrogen) atoms. The highest BCUT2D eigenvalue weighted by atomic mass is 16.2. The van der Waals surface area contributed by atoms with E-state index >= 15 is 0 Å². The number of carbonyl (C=O) groups is 1. The van der Waals surface area contributed by atoms with Crippen molar-refractivity contribution in [1.82, 2.24) is 10.6 Å². The van der Waals surface area contributed by atoms with Crippen LogP contribution in [0.4, 0.5) is 4.79 Å². The van der Waals surface area contributed by atoms with Crippen LogP contribution in [0.1, 0.15) is 6.42 Å². The second-order valence-electron chi connectivity index (χ2n) is 2.22. The Balaban J connectivity index is 2.53. The van der Waals surface area contributed by atoms with Gasteiger partial charge in [0.05, 0.1) is 0 Å². The first-order valence-electron chi connectivity index (χ1n) is 3.67. The predicted molar refractivity (Wildman–Crippen MR) is 47.2 cm³/mol. The van der Waals surface area contributed by atoms with Gasteiger partial charge in [0.15, 0.2) is 0 Å². The minimum atomic E-state index is -0.215. The summed E-state index contributed by atoms with van der Waals surface area (Å²) >= 11 is 0. The lowest BCUT2D eigenvalue weighted by atomic mass is 10.3. The Bertz CT molecular complexity index is 291. The molecule has 1 aliphatic rings. The summed E-state index contributed by atoms with van der Waals surface area (Å²) in [7, 11) is 1.58. The lowest BCUT2D eigenvalue weighted by molar-refractivity contribution is 0.245. The second-order valence-corrected chi connectivity index (χ2v) is 2.22. The molecule has 3 nitrogen and oxygen atoms in total. The van der Waals surface area contributed by atoms with Gasteiger partial charge in [-0.05, 0) is 18.2 Å². The maximum Gasteiger partial charge on any atom is 0.318 e. The first-order valence-corrected chi connectivity index (χ1v) is 3.67. The number of amides is 2. The number of nitrogens with one attached hydrogen (secondary N) is 2. The summed E-state index contributed by atoms with van der Waals surface area (Å²) in [4.78, 5) is 10.9. The Kier molecular flexibility index (Phi) is 2.97. The van der Waals surface area contributed by atoms with Crippen LogP contribution in [-0.4, -0.2) is 13.1 Å². The van der Waals surface area contributed by atoms with Crippen molar-refractivity contribution in [3.8, 4) is 11.8 Å². The first kappa shape index (κ1) is 8.41. The van der Waals surface area contributed by atoms with Crippen molar-refractivity contribution < 1.29 is 4.79 Å². The highest BCUT2D eigenvalue weighted by Gasteiger charge is 1.97. The number of hydrogen-bond donors (Lipinski definition) is 2. The van der Waals surface area contributed by atoms with Gasteiger partial charge in [0.25, 0.3) is 0 Å². The fourth-order valence-corrected chi connectivity index (χ4v) is 0.765. The van der Waals surface area contributed by atoms with Gasteiger partial charge < -0.3 is 10.6 Å². The molecule has 0 aromatic carbocycles.